The molecule has 0 saturated heterocycles. The monoisotopic (exact) mass is 457 g/mol. The van der Waals surface area contributed by atoms with Gasteiger partial charge < -0.3 is 0 Å². The molecule has 0 spiro atoms. The van der Waals surface area contributed by atoms with E-state index in [2.05, 4.69) is 68.4 Å². The second-order valence-electron chi connectivity index (χ2n) is 10.8. The highest BCUT2D eigenvalue weighted by molar-refractivity contribution is 5.64. The summed E-state index contributed by atoms with van der Waals surface area (Å²) in [6.07, 6.45) is 20.0. The molecule has 0 N–H and O–H groups in total. The molecule has 1 aliphatic rings. The maximum atomic E-state index is 9.92. The molecule has 0 radical (unpaired) electrons. The molecule has 1 heteroatoms. The minimum Gasteiger partial charge on any atom is -0.198 e. The maximum Gasteiger partial charge on any atom is 0.0689 e. The molecule has 0 bridgehead atoms. The molecule has 0 aliphatic heterocycles. The van der Waals surface area contributed by atoms with Crippen molar-refractivity contribution < 1.29 is 0 Å². The van der Waals surface area contributed by atoms with E-state index >= 15 is 0 Å². The Hall–Kier alpha value is -2.07. The van der Waals surface area contributed by atoms with Crippen molar-refractivity contribution in [2.75, 3.05) is 0 Å². The summed E-state index contributed by atoms with van der Waals surface area (Å²) in [7, 11) is 0. The smallest absolute Gasteiger partial charge is 0.0689 e. The molecule has 0 aromatic heterocycles. The van der Waals surface area contributed by atoms with Crippen molar-refractivity contribution >= 4 is 0 Å². The Morgan fingerprint density at radius 2 is 1.24 bits per heavy atom. The lowest BCUT2D eigenvalue weighted by molar-refractivity contribution is 0.223. The molecule has 3 rings (SSSR count). The van der Waals surface area contributed by atoms with Gasteiger partial charge >= 0.3 is 0 Å². The van der Waals surface area contributed by atoms with Gasteiger partial charge in [-0.25, -0.2) is 0 Å². The van der Waals surface area contributed by atoms with Crippen LogP contribution in [-0.4, -0.2) is 0 Å². The third kappa shape index (κ3) is 8.01. The Balaban J connectivity index is 1.48. The van der Waals surface area contributed by atoms with Crippen molar-refractivity contribution in [3.05, 3.63) is 59.7 Å². The first kappa shape index (κ1) is 26.5. The van der Waals surface area contributed by atoms with E-state index in [1.165, 1.54) is 92.9 Å². The normalized spacial score (nSPS) is 20.2. The van der Waals surface area contributed by atoms with E-state index in [-0.39, 0.29) is 5.41 Å². The van der Waals surface area contributed by atoms with Gasteiger partial charge in [0, 0.05) is 0 Å². The number of benzene rings is 2. The summed E-state index contributed by atoms with van der Waals surface area (Å²) in [6.45, 7) is 4.54. The lowest BCUT2D eigenvalue weighted by atomic mass is 9.67. The summed E-state index contributed by atoms with van der Waals surface area (Å²) >= 11 is 0. The maximum absolute atomic E-state index is 9.92. The Kier molecular flexibility index (Phi) is 11.2. The molecular formula is C33H47N. The first-order valence-corrected chi connectivity index (χ1v) is 14.3. The van der Waals surface area contributed by atoms with E-state index < -0.39 is 0 Å². The average molecular weight is 458 g/mol. The molecule has 34 heavy (non-hydrogen) atoms. The summed E-state index contributed by atoms with van der Waals surface area (Å²) in [5, 5.41) is 9.92. The zero-order valence-electron chi connectivity index (χ0n) is 22.0. The van der Waals surface area contributed by atoms with Crippen LogP contribution >= 0.6 is 0 Å². The van der Waals surface area contributed by atoms with Crippen LogP contribution in [0, 0.1) is 16.7 Å². The molecule has 1 aliphatic carbocycles. The van der Waals surface area contributed by atoms with Gasteiger partial charge in [0.15, 0.2) is 0 Å². The Morgan fingerprint density at radius 3 is 1.79 bits per heavy atom. The zero-order chi connectivity index (χ0) is 24.1. The van der Waals surface area contributed by atoms with Crippen LogP contribution < -0.4 is 0 Å². The predicted molar refractivity (Wildman–Crippen MR) is 147 cm³/mol. The quantitative estimate of drug-likeness (QED) is 0.259. The fourth-order valence-electron chi connectivity index (χ4n) is 5.73. The summed E-state index contributed by atoms with van der Waals surface area (Å²) in [4.78, 5) is 0. The van der Waals surface area contributed by atoms with Gasteiger partial charge in [-0.1, -0.05) is 120 Å². The third-order valence-corrected chi connectivity index (χ3v) is 8.18. The number of unbranched alkanes of at least 4 members (excludes halogenated alkanes) is 8. The summed E-state index contributed by atoms with van der Waals surface area (Å²) in [5.74, 6) is 0.616. The van der Waals surface area contributed by atoms with E-state index in [9.17, 15) is 5.26 Å². The molecule has 0 unspecified atom stereocenters. The van der Waals surface area contributed by atoms with Gasteiger partial charge in [0.2, 0.25) is 0 Å². The first-order valence-electron chi connectivity index (χ1n) is 14.3. The van der Waals surface area contributed by atoms with Crippen LogP contribution in [0.5, 0.6) is 0 Å². The second kappa shape index (κ2) is 14.4. The fourth-order valence-corrected chi connectivity index (χ4v) is 5.73. The van der Waals surface area contributed by atoms with Gasteiger partial charge in [-0.2, -0.15) is 5.26 Å². The van der Waals surface area contributed by atoms with Gasteiger partial charge in [-0.05, 0) is 73.1 Å². The van der Waals surface area contributed by atoms with Crippen LogP contribution in [0.4, 0.5) is 0 Å². The molecule has 1 nitrogen and oxygen atoms in total. The SMILES string of the molecule is CCCCCCCc1ccc(-c2ccc(C3CCC(C#N)(CCCCCCC)CC3)cc2)cc1. The standard InChI is InChI=1S/C33H47N/c1-3-5-7-9-11-13-28-14-16-29(17-15-28)30-18-20-31(21-19-30)32-22-25-33(27-34,26-23-32)24-12-10-8-6-4-2/h14-21,32H,3-13,22-26H2,1-2H3. The summed E-state index contributed by atoms with van der Waals surface area (Å²) in [5.41, 5.74) is 5.50. The van der Waals surface area contributed by atoms with Crippen LogP contribution in [0.3, 0.4) is 0 Å². The molecule has 0 heterocycles. The fraction of sp³-hybridized carbons (Fsp3) is 0.606. The van der Waals surface area contributed by atoms with Crippen molar-refractivity contribution in [2.45, 2.75) is 122 Å². The van der Waals surface area contributed by atoms with Crippen molar-refractivity contribution in [2.24, 2.45) is 5.41 Å². The number of hydrogen-bond acceptors (Lipinski definition) is 1. The average Bonchev–Trinajstić information content (AvgIpc) is 2.89. The Labute approximate surface area is 210 Å². The van der Waals surface area contributed by atoms with Crippen LogP contribution in [0.15, 0.2) is 48.5 Å². The van der Waals surface area contributed by atoms with Gasteiger partial charge in [-0.3, -0.25) is 0 Å². The predicted octanol–water partition coefficient (Wildman–Crippen LogP) is 10.4. The lowest BCUT2D eigenvalue weighted by Crippen LogP contribution is -2.25. The van der Waals surface area contributed by atoms with Gasteiger partial charge in [0.1, 0.15) is 0 Å². The topological polar surface area (TPSA) is 23.8 Å². The molecule has 1 fully saturated rings. The molecule has 2 aromatic carbocycles. The van der Waals surface area contributed by atoms with Crippen LogP contribution in [-0.2, 0) is 6.42 Å². The second-order valence-corrected chi connectivity index (χ2v) is 10.8. The lowest BCUT2D eigenvalue weighted by Gasteiger charge is -2.35. The number of aryl methyl sites for hydroxylation is 1. The summed E-state index contributed by atoms with van der Waals surface area (Å²) in [6, 6.07) is 21.2. The third-order valence-electron chi connectivity index (χ3n) is 8.18. The molecule has 2 aromatic rings. The highest BCUT2D eigenvalue weighted by Crippen LogP contribution is 2.45. The van der Waals surface area contributed by atoms with E-state index in [1.54, 1.807) is 0 Å². The molecule has 184 valence electrons. The van der Waals surface area contributed by atoms with Gasteiger partial charge in [-0.15, -0.1) is 0 Å². The van der Waals surface area contributed by atoms with E-state index in [4.69, 9.17) is 0 Å². The molecule has 1 saturated carbocycles. The summed E-state index contributed by atoms with van der Waals surface area (Å²) < 4.78 is 0. The molecule has 0 amide bonds. The van der Waals surface area contributed by atoms with Crippen LogP contribution in [0.1, 0.15) is 127 Å². The minimum atomic E-state index is -0.0552. The van der Waals surface area contributed by atoms with Gasteiger partial charge in [0.05, 0.1) is 11.5 Å². The Bertz CT molecular complexity index is 847. The minimum absolute atomic E-state index is 0.0552. The largest absolute Gasteiger partial charge is 0.198 e. The molecule has 0 atom stereocenters. The number of nitriles is 1. The highest BCUT2D eigenvalue weighted by atomic mass is 14.4. The van der Waals surface area contributed by atoms with E-state index in [1.807, 2.05) is 0 Å². The molecular weight excluding hydrogens is 410 g/mol. The first-order chi connectivity index (χ1) is 16.7. The van der Waals surface area contributed by atoms with E-state index in [0.717, 1.165) is 32.1 Å². The van der Waals surface area contributed by atoms with E-state index in [0.29, 0.717) is 5.92 Å². The van der Waals surface area contributed by atoms with Crippen molar-refractivity contribution in [3.63, 3.8) is 0 Å². The van der Waals surface area contributed by atoms with Crippen LogP contribution in [0.25, 0.3) is 11.1 Å². The Morgan fingerprint density at radius 1 is 0.706 bits per heavy atom. The van der Waals surface area contributed by atoms with Crippen molar-refractivity contribution in [3.8, 4) is 17.2 Å². The number of nitrogens with zero attached hydrogens (tertiary/aromatic N) is 1. The zero-order valence-corrected chi connectivity index (χ0v) is 22.0. The van der Waals surface area contributed by atoms with Crippen molar-refractivity contribution in [1.82, 2.24) is 0 Å². The number of hydrogen-bond donors (Lipinski definition) is 0. The van der Waals surface area contributed by atoms with Crippen LogP contribution in [0.2, 0.25) is 0 Å². The van der Waals surface area contributed by atoms with Gasteiger partial charge in [0.25, 0.3) is 0 Å². The number of rotatable bonds is 14. The van der Waals surface area contributed by atoms with Crippen molar-refractivity contribution in [1.29, 1.82) is 5.26 Å². The highest BCUT2D eigenvalue weighted by Gasteiger charge is 2.35.